The zero-order valence-corrected chi connectivity index (χ0v) is 17.5. The standard InChI is InChI=1S/C25H20ClN3O/c1-17-8-14-20(15-9-17)28-16-22-23(24(28)18-10-12-19(26)13-11-18)25(30)29(27(22)2)21-6-4-3-5-7-21/h3-16H,1-2H3. The Labute approximate surface area is 179 Å². The van der Waals surface area contributed by atoms with Gasteiger partial charge in [0.1, 0.15) is 0 Å². The molecule has 0 N–H and O–H groups in total. The second-order valence-electron chi connectivity index (χ2n) is 7.43. The lowest BCUT2D eigenvalue weighted by Crippen LogP contribution is -2.20. The van der Waals surface area contributed by atoms with Gasteiger partial charge in [-0.2, -0.15) is 0 Å². The molecule has 0 atom stereocenters. The maximum Gasteiger partial charge on any atom is 0.281 e. The summed E-state index contributed by atoms with van der Waals surface area (Å²) >= 11 is 6.13. The van der Waals surface area contributed by atoms with Crippen LogP contribution in [0, 0.1) is 6.92 Å². The summed E-state index contributed by atoms with van der Waals surface area (Å²) in [6.45, 7) is 2.06. The van der Waals surface area contributed by atoms with Crippen LogP contribution >= 0.6 is 11.6 Å². The molecule has 2 heterocycles. The van der Waals surface area contributed by atoms with E-state index >= 15 is 0 Å². The lowest BCUT2D eigenvalue weighted by molar-refractivity contribution is 0.664. The summed E-state index contributed by atoms with van der Waals surface area (Å²) < 4.78 is 5.71. The van der Waals surface area contributed by atoms with Crippen molar-refractivity contribution in [3.8, 4) is 22.6 Å². The molecule has 0 saturated heterocycles. The van der Waals surface area contributed by atoms with Crippen molar-refractivity contribution in [2.75, 3.05) is 0 Å². The molecule has 5 aromatic rings. The van der Waals surface area contributed by atoms with Gasteiger partial charge in [0.25, 0.3) is 5.56 Å². The van der Waals surface area contributed by atoms with E-state index in [1.165, 1.54) is 5.56 Å². The first-order valence-electron chi connectivity index (χ1n) is 9.76. The molecule has 0 amide bonds. The first-order valence-corrected chi connectivity index (χ1v) is 10.1. The maximum atomic E-state index is 13.6. The largest absolute Gasteiger partial charge is 0.314 e. The molecule has 0 aliphatic carbocycles. The Morgan fingerprint density at radius 1 is 0.800 bits per heavy atom. The van der Waals surface area contributed by atoms with Crippen molar-refractivity contribution < 1.29 is 0 Å². The Morgan fingerprint density at radius 3 is 2.13 bits per heavy atom. The van der Waals surface area contributed by atoms with Crippen LogP contribution in [0.15, 0.2) is 89.9 Å². The lowest BCUT2D eigenvalue weighted by atomic mass is 10.1. The van der Waals surface area contributed by atoms with Gasteiger partial charge < -0.3 is 4.57 Å². The third kappa shape index (κ3) is 2.88. The van der Waals surface area contributed by atoms with Gasteiger partial charge in [0.15, 0.2) is 0 Å². The predicted octanol–water partition coefficient (Wildman–Crippen LogP) is 5.75. The fourth-order valence-electron chi connectivity index (χ4n) is 3.96. The molecule has 3 aromatic carbocycles. The van der Waals surface area contributed by atoms with Gasteiger partial charge in [0.05, 0.1) is 22.3 Å². The lowest BCUT2D eigenvalue weighted by Gasteiger charge is -2.11. The van der Waals surface area contributed by atoms with Crippen LogP contribution in [-0.4, -0.2) is 13.9 Å². The topological polar surface area (TPSA) is 31.9 Å². The number of fused-ring (bicyclic) bond motifs is 1. The molecule has 5 heteroatoms. The Hall–Kier alpha value is -3.50. The SMILES string of the molecule is Cc1ccc(-n2cc3c(c2-c2ccc(Cl)cc2)c(=O)n(-c2ccccc2)n3C)cc1. The normalized spacial score (nSPS) is 11.3. The number of halogens is 1. The van der Waals surface area contributed by atoms with Crippen molar-refractivity contribution >= 4 is 22.5 Å². The van der Waals surface area contributed by atoms with E-state index < -0.39 is 0 Å². The van der Waals surface area contributed by atoms with Crippen molar-refractivity contribution in [1.82, 2.24) is 13.9 Å². The van der Waals surface area contributed by atoms with Gasteiger partial charge >= 0.3 is 0 Å². The molecule has 5 rings (SSSR count). The van der Waals surface area contributed by atoms with E-state index in [0.717, 1.165) is 28.1 Å². The van der Waals surface area contributed by atoms with E-state index in [2.05, 4.69) is 35.8 Å². The minimum absolute atomic E-state index is 0.0467. The number of rotatable bonds is 3. The molecule has 0 saturated carbocycles. The molecule has 0 radical (unpaired) electrons. The van der Waals surface area contributed by atoms with Crippen LogP contribution in [0.3, 0.4) is 0 Å². The molecule has 4 nitrogen and oxygen atoms in total. The Morgan fingerprint density at radius 2 is 1.47 bits per heavy atom. The van der Waals surface area contributed by atoms with E-state index in [9.17, 15) is 4.79 Å². The molecule has 30 heavy (non-hydrogen) atoms. The molecule has 0 fully saturated rings. The highest BCUT2D eigenvalue weighted by molar-refractivity contribution is 6.30. The third-order valence-electron chi connectivity index (χ3n) is 5.47. The van der Waals surface area contributed by atoms with E-state index in [0.29, 0.717) is 10.4 Å². The van der Waals surface area contributed by atoms with Crippen molar-refractivity contribution in [3.05, 3.63) is 106 Å². The number of hydrogen-bond acceptors (Lipinski definition) is 1. The number of aromatic nitrogens is 3. The molecular weight excluding hydrogens is 394 g/mol. The van der Waals surface area contributed by atoms with Crippen LogP contribution in [0.25, 0.3) is 33.5 Å². The summed E-state index contributed by atoms with van der Waals surface area (Å²) in [5, 5.41) is 1.35. The van der Waals surface area contributed by atoms with Gasteiger partial charge in [0, 0.05) is 24.0 Å². The number of hydrogen-bond donors (Lipinski definition) is 0. The fraction of sp³-hybridized carbons (Fsp3) is 0.0800. The summed E-state index contributed by atoms with van der Waals surface area (Å²) in [6, 6.07) is 25.6. The van der Waals surface area contributed by atoms with Crippen LogP contribution in [0.5, 0.6) is 0 Å². The average molecular weight is 414 g/mol. The predicted molar refractivity (Wildman–Crippen MR) is 123 cm³/mol. The summed E-state index contributed by atoms with van der Waals surface area (Å²) in [5.41, 5.74) is 5.66. The van der Waals surface area contributed by atoms with Crippen LogP contribution < -0.4 is 5.56 Å². The molecule has 0 unspecified atom stereocenters. The molecule has 0 spiro atoms. The molecule has 2 aromatic heterocycles. The molecule has 0 bridgehead atoms. The second kappa shape index (κ2) is 7.08. The van der Waals surface area contributed by atoms with E-state index in [4.69, 9.17) is 11.6 Å². The molecular formula is C25H20ClN3O. The monoisotopic (exact) mass is 413 g/mol. The fourth-order valence-corrected chi connectivity index (χ4v) is 4.09. The Bertz CT molecular complexity index is 1410. The second-order valence-corrected chi connectivity index (χ2v) is 7.86. The van der Waals surface area contributed by atoms with Crippen LogP contribution in [0.4, 0.5) is 0 Å². The first-order chi connectivity index (χ1) is 14.5. The zero-order chi connectivity index (χ0) is 20.8. The summed E-state index contributed by atoms with van der Waals surface area (Å²) in [6.07, 6.45) is 2.03. The summed E-state index contributed by atoms with van der Waals surface area (Å²) in [5.74, 6) is 0. The van der Waals surface area contributed by atoms with Crippen molar-refractivity contribution in [2.45, 2.75) is 6.92 Å². The van der Waals surface area contributed by atoms with Crippen LogP contribution in [-0.2, 0) is 7.05 Å². The Kier molecular flexibility index (Phi) is 4.37. The first kappa shape index (κ1) is 18.5. The summed E-state index contributed by atoms with van der Waals surface area (Å²) in [7, 11) is 1.92. The van der Waals surface area contributed by atoms with Gasteiger partial charge in [-0.1, -0.05) is 59.6 Å². The van der Waals surface area contributed by atoms with Crippen molar-refractivity contribution in [3.63, 3.8) is 0 Å². The van der Waals surface area contributed by atoms with Gasteiger partial charge in [-0.3, -0.25) is 9.48 Å². The molecule has 148 valence electrons. The highest BCUT2D eigenvalue weighted by Gasteiger charge is 2.22. The van der Waals surface area contributed by atoms with E-state index in [1.807, 2.05) is 72.5 Å². The van der Waals surface area contributed by atoms with E-state index in [1.54, 1.807) is 4.68 Å². The third-order valence-corrected chi connectivity index (χ3v) is 5.72. The van der Waals surface area contributed by atoms with Gasteiger partial charge in [0.2, 0.25) is 0 Å². The van der Waals surface area contributed by atoms with Gasteiger partial charge in [-0.25, -0.2) is 4.68 Å². The maximum absolute atomic E-state index is 13.6. The Balaban J connectivity index is 1.86. The van der Waals surface area contributed by atoms with Gasteiger partial charge in [-0.15, -0.1) is 0 Å². The summed E-state index contributed by atoms with van der Waals surface area (Å²) in [4.78, 5) is 13.6. The minimum atomic E-state index is -0.0467. The highest BCUT2D eigenvalue weighted by Crippen LogP contribution is 2.33. The van der Waals surface area contributed by atoms with Crippen LogP contribution in [0.1, 0.15) is 5.56 Å². The number of nitrogens with zero attached hydrogens (tertiary/aromatic N) is 3. The molecule has 0 aliphatic rings. The van der Waals surface area contributed by atoms with Crippen molar-refractivity contribution in [1.29, 1.82) is 0 Å². The average Bonchev–Trinajstić information content (AvgIpc) is 3.26. The van der Waals surface area contributed by atoms with E-state index in [-0.39, 0.29) is 5.56 Å². The highest BCUT2D eigenvalue weighted by atomic mass is 35.5. The molecule has 0 aliphatic heterocycles. The number of para-hydroxylation sites is 1. The number of aryl methyl sites for hydroxylation is 2. The van der Waals surface area contributed by atoms with Crippen LogP contribution in [0.2, 0.25) is 5.02 Å². The van der Waals surface area contributed by atoms with Gasteiger partial charge in [-0.05, 0) is 48.9 Å². The number of benzene rings is 3. The quantitative estimate of drug-likeness (QED) is 0.370. The van der Waals surface area contributed by atoms with Crippen molar-refractivity contribution in [2.24, 2.45) is 7.05 Å². The zero-order valence-electron chi connectivity index (χ0n) is 16.7. The smallest absolute Gasteiger partial charge is 0.281 e. The minimum Gasteiger partial charge on any atom is -0.314 e.